The Morgan fingerprint density at radius 1 is 1.05 bits per heavy atom. The van der Waals surface area contributed by atoms with Crippen LogP contribution >= 0.6 is 15.9 Å². The molecule has 0 unspecified atom stereocenters. The number of nitrogens with zero attached hydrogens (tertiary/aromatic N) is 7. The fraction of sp³-hybridized carbons (Fsp3) is 0.345. The van der Waals surface area contributed by atoms with Crippen LogP contribution < -0.4 is 10.3 Å². The molecule has 0 N–H and O–H groups in total. The van der Waals surface area contributed by atoms with E-state index in [0.29, 0.717) is 48.1 Å². The molecule has 1 aliphatic heterocycles. The van der Waals surface area contributed by atoms with Gasteiger partial charge in [-0.05, 0) is 79.3 Å². The molecule has 6 rings (SSSR count). The largest absolute Gasteiger partial charge is 0.490 e. The molecule has 4 aromatic heterocycles. The van der Waals surface area contributed by atoms with E-state index in [2.05, 4.69) is 54.6 Å². The highest BCUT2D eigenvalue weighted by Crippen LogP contribution is 2.23. The van der Waals surface area contributed by atoms with Crippen LogP contribution in [-0.4, -0.2) is 59.5 Å². The van der Waals surface area contributed by atoms with Crippen LogP contribution in [0, 0.1) is 5.92 Å². The lowest BCUT2D eigenvalue weighted by Crippen LogP contribution is -2.39. The third-order valence-electron chi connectivity index (χ3n) is 7.39. The summed E-state index contributed by atoms with van der Waals surface area (Å²) in [6, 6.07) is 12.0. The minimum absolute atomic E-state index is 0.130. The number of pyridine rings is 1. The maximum Gasteiger partial charge on any atom is 0.255 e. The van der Waals surface area contributed by atoms with Crippen LogP contribution in [0.1, 0.15) is 32.3 Å². The molecule has 0 spiro atoms. The molecule has 0 radical (unpaired) electrons. The van der Waals surface area contributed by atoms with Gasteiger partial charge in [-0.25, -0.2) is 15.0 Å². The van der Waals surface area contributed by atoms with Crippen LogP contribution in [0.4, 0.5) is 0 Å². The van der Waals surface area contributed by atoms with Crippen molar-refractivity contribution in [1.29, 1.82) is 0 Å². The van der Waals surface area contributed by atoms with E-state index in [9.17, 15) is 4.79 Å². The summed E-state index contributed by atoms with van der Waals surface area (Å²) in [6.07, 6.45) is 9.23. The molecule has 0 saturated carbocycles. The summed E-state index contributed by atoms with van der Waals surface area (Å²) in [7, 11) is 0. The molecular weight excluding hydrogens is 558 g/mol. The number of likely N-dealkylation sites (tertiary alicyclic amines) is 1. The van der Waals surface area contributed by atoms with Gasteiger partial charge in [-0.3, -0.25) is 13.8 Å². The lowest BCUT2D eigenvalue weighted by Gasteiger charge is -2.34. The SMILES string of the molecule is CC(C)N1CCC(COc2cnc(-c3cccc(Cn4c(=O)ccn5c6cc(Br)cnc6nc45)c3)nc2)CC1. The second-order valence-electron chi connectivity index (χ2n) is 10.3. The standard InChI is InChI=1S/C29H30BrN7O2/c1-19(2)35-9-6-20(7-10-35)18-39-24-15-32-27(33-16-24)22-5-3-4-21(12-22)17-37-26(38)8-11-36-25-13-23(30)14-31-28(25)34-29(36)37/h3-5,8,11-16,19-20H,6-7,9-10,17-18H2,1-2H3. The van der Waals surface area contributed by atoms with Crippen molar-refractivity contribution < 1.29 is 4.74 Å². The predicted octanol–water partition coefficient (Wildman–Crippen LogP) is 4.81. The summed E-state index contributed by atoms with van der Waals surface area (Å²) in [6.45, 7) is 7.82. The van der Waals surface area contributed by atoms with Gasteiger partial charge in [0, 0.05) is 34.5 Å². The first-order valence-corrected chi connectivity index (χ1v) is 14.1. The first-order valence-electron chi connectivity index (χ1n) is 13.3. The van der Waals surface area contributed by atoms with E-state index in [1.807, 2.05) is 34.7 Å². The zero-order valence-corrected chi connectivity index (χ0v) is 23.6. The molecule has 0 amide bonds. The number of hydrogen-bond acceptors (Lipinski definition) is 7. The number of piperidine rings is 1. The summed E-state index contributed by atoms with van der Waals surface area (Å²) in [5.74, 6) is 2.40. The molecule has 5 aromatic rings. The lowest BCUT2D eigenvalue weighted by atomic mass is 9.97. The van der Waals surface area contributed by atoms with Gasteiger partial charge in [-0.1, -0.05) is 18.2 Å². The molecule has 5 heterocycles. The Hall–Kier alpha value is -3.63. The van der Waals surface area contributed by atoms with E-state index in [4.69, 9.17) is 4.74 Å². The summed E-state index contributed by atoms with van der Waals surface area (Å²) < 4.78 is 10.4. The van der Waals surface area contributed by atoms with E-state index in [1.165, 1.54) is 0 Å². The van der Waals surface area contributed by atoms with Gasteiger partial charge in [0.05, 0.1) is 31.1 Å². The van der Waals surface area contributed by atoms with Gasteiger partial charge in [-0.2, -0.15) is 4.98 Å². The Bertz CT molecular complexity index is 1670. The summed E-state index contributed by atoms with van der Waals surface area (Å²) in [4.78, 5) is 33.5. The van der Waals surface area contributed by atoms with Crippen LogP contribution in [-0.2, 0) is 6.54 Å². The van der Waals surface area contributed by atoms with Crippen LogP contribution in [0.2, 0.25) is 0 Å². The maximum atomic E-state index is 12.8. The molecule has 1 aliphatic rings. The average molecular weight is 589 g/mol. The highest BCUT2D eigenvalue weighted by Gasteiger charge is 2.21. The van der Waals surface area contributed by atoms with Crippen molar-refractivity contribution in [1.82, 2.24) is 33.8 Å². The summed E-state index contributed by atoms with van der Waals surface area (Å²) >= 11 is 3.46. The van der Waals surface area contributed by atoms with Crippen LogP contribution in [0.3, 0.4) is 0 Å². The third-order valence-corrected chi connectivity index (χ3v) is 7.82. The van der Waals surface area contributed by atoms with Gasteiger partial charge in [0.25, 0.3) is 5.56 Å². The quantitative estimate of drug-likeness (QED) is 0.270. The second-order valence-corrected chi connectivity index (χ2v) is 11.3. The van der Waals surface area contributed by atoms with Crippen molar-refractivity contribution in [2.75, 3.05) is 19.7 Å². The first kappa shape index (κ1) is 25.6. The van der Waals surface area contributed by atoms with Crippen LogP contribution in [0.15, 0.2) is 70.5 Å². The third kappa shape index (κ3) is 5.44. The fourth-order valence-corrected chi connectivity index (χ4v) is 5.45. The molecule has 9 nitrogen and oxygen atoms in total. The van der Waals surface area contributed by atoms with Gasteiger partial charge < -0.3 is 9.64 Å². The van der Waals surface area contributed by atoms with Crippen molar-refractivity contribution in [2.24, 2.45) is 5.92 Å². The Morgan fingerprint density at radius 3 is 2.62 bits per heavy atom. The minimum Gasteiger partial charge on any atom is -0.490 e. The van der Waals surface area contributed by atoms with E-state index in [-0.39, 0.29) is 5.56 Å². The molecule has 10 heteroatoms. The lowest BCUT2D eigenvalue weighted by molar-refractivity contribution is 0.119. The maximum absolute atomic E-state index is 12.8. The number of aromatic nitrogens is 6. The van der Waals surface area contributed by atoms with Crippen LogP contribution in [0.5, 0.6) is 5.75 Å². The first-order chi connectivity index (χ1) is 18.9. The molecule has 39 heavy (non-hydrogen) atoms. The summed E-state index contributed by atoms with van der Waals surface area (Å²) in [5, 5.41) is 0. The highest BCUT2D eigenvalue weighted by molar-refractivity contribution is 9.10. The Morgan fingerprint density at radius 2 is 1.85 bits per heavy atom. The minimum atomic E-state index is -0.130. The zero-order valence-electron chi connectivity index (χ0n) is 22.0. The zero-order chi connectivity index (χ0) is 26.9. The second kappa shape index (κ2) is 10.9. The van der Waals surface area contributed by atoms with Crippen molar-refractivity contribution >= 4 is 32.9 Å². The van der Waals surface area contributed by atoms with Crippen LogP contribution in [0.25, 0.3) is 28.3 Å². The molecular formula is C29H30BrN7O2. The van der Waals surface area contributed by atoms with Crippen molar-refractivity contribution in [3.8, 4) is 17.1 Å². The molecule has 1 saturated heterocycles. The number of ether oxygens (including phenoxy) is 1. The molecule has 0 atom stereocenters. The molecule has 0 aliphatic carbocycles. The highest BCUT2D eigenvalue weighted by atomic mass is 79.9. The Balaban J connectivity index is 1.17. The summed E-state index contributed by atoms with van der Waals surface area (Å²) in [5.41, 5.74) is 3.11. The van der Waals surface area contributed by atoms with E-state index in [1.54, 1.807) is 35.4 Å². The number of imidazole rings is 1. The number of rotatable bonds is 7. The number of benzene rings is 1. The number of fused-ring (bicyclic) bond motifs is 3. The fourth-order valence-electron chi connectivity index (χ4n) is 5.14. The monoisotopic (exact) mass is 587 g/mol. The number of halogens is 1. The van der Waals surface area contributed by atoms with E-state index < -0.39 is 0 Å². The number of hydrogen-bond donors (Lipinski definition) is 0. The van der Waals surface area contributed by atoms with Gasteiger partial charge in [0.15, 0.2) is 17.2 Å². The molecule has 200 valence electrons. The molecule has 1 fully saturated rings. The van der Waals surface area contributed by atoms with Gasteiger partial charge in [0.1, 0.15) is 0 Å². The van der Waals surface area contributed by atoms with E-state index >= 15 is 0 Å². The van der Waals surface area contributed by atoms with Crippen molar-refractivity contribution in [3.05, 3.63) is 81.6 Å². The Kier molecular flexibility index (Phi) is 7.14. The van der Waals surface area contributed by atoms with E-state index in [0.717, 1.165) is 47.0 Å². The molecule has 1 aromatic carbocycles. The van der Waals surface area contributed by atoms with Gasteiger partial charge >= 0.3 is 0 Å². The topological polar surface area (TPSA) is 90.4 Å². The van der Waals surface area contributed by atoms with Crippen molar-refractivity contribution in [3.63, 3.8) is 0 Å². The van der Waals surface area contributed by atoms with Gasteiger partial charge in [0.2, 0.25) is 5.78 Å². The predicted molar refractivity (Wildman–Crippen MR) is 154 cm³/mol. The van der Waals surface area contributed by atoms with Crippen molar-refractivity contribution in [2.45, 2.75) is 39.3 Å². The molecule has 0 bridgehead atoms. The van der Waals surface area contributed by atoms with Gasteiger partial charge in [-0.15, -0.1) is 0 Å². The Labute approximate surface area is 234 Å². The smallest absolute Gasteiger partial charge is 0.255 e. The average Bonchev–Trinajstić information content (AvgIpc) is 3.32. The normalized spacial score (nSPS) is 15.0.